The van der Waals surface area contributed by atoms with Gasteiger partial charge in [0.15, 0.2) is 0 Å². The Bertz CT molecular complexity index is 583. The highest BCUT2D eigenvalue weighted by Crippen LogP contribution is 2.27. The topological polar surface area (TPSA) is 116 Å². The number of carbonyl (C=O) groups is 3. The van der Waals surface area contributed by atoms with Gasteiger partial charge in [-0.1, -0.05) is 0 Å². The lowest BCUT2D eigenvalue weighted by Crippen LogP contribution is -2.48. The maximum absolute atomic E-state index is 12.0. The van der Waals surface area contributed by atoms with Gasteiger partial charge in [0.1, 0.15) is 18.3 Å². The van der Waals surface area contributed by atoms with Crippen LogP contribution in [0.1, 0.15) is 12.5 Å². The van der Waals surface area contributed by atoms with Gasteiger partial charge in [0, 0.05) is 13.3 Å². The average molecular weight is 532 g/mol. The van der Waals surface area contributed by atoms with E-state index in [1.807, 2.05) is 45.2 Å². The molecule has 0 radical (unpaired) electrons. The highest BCUT2D eigenvalue weighted by Gasteiger charge is 2.21. The molecule has 0 aliphatic rings. The summed E-state index contributed by atoms with van der Waals surface area (Å²) in [5.41, 5.74) is 0.746. The van der Waals surface area contributed by atoms with E-state index in [0.717, 1.165) is 5.56 Å². The van der Waals surface area contributed by atoms with Crippen LogP contribution in [0, 0.1) is 7.14 Å². The first-order valence-electron chi connectivity index (χ1n) is 6.14. The van der Waals surface area contributed by atoms with E-state index < -0.39 is 30.4 Å². The number of amides is 2. The standard InChI is InChI=1S/C13H14I2N2O5/c1-6(18)17-10(13(22)16-5-11(19)20)4-7-2-8(14)12(21)9(15)3-7/h2-3,10,21H,4-5H2,1H3,(H,16,22)(H,17,18)(H,19,20)/t10-/m0/s1. The molecule has 0 saturated heterocycles. The maximum atomic E-state index is 12.0. The second kappa shape index (κ2) is 8.50. The van der Waals surface area contributed by atoms with Gasteiger partial charge in [0.25, 0.3) is 0 Å². The van der Waals surface area contributed by atoms with Gasteiger partial charge in [-0.15, -0.1) is 0 Å². The number of rotatable bonds is 6. The quantitative estimate of drug-likeness (QED) is 0.406. The fourth-order valence-corrected chi connectivity index (χ4v) is 3.61. The van der Waals surface area contributed by atoms with Crippen LogP contribution >= 0.6 is 45.2 Å². The maximum Gasteiger partial charge on any atom is 0.322 e. The van der Waals surface area contributed by atoms with E-state index in [1.165, 1.54) is 6.92 Å². The monoisotopic (exact) mass is 532 g/mol. The number of hydrogen-bond acceptors (Lipinski definition) is 4. The molecule has 0 heterocycles. The van der Waals surface area contributed by atoms with Crippen LogP contribution in [0.4, 0.5) is 0 Å². The molecule has 0 spiro atoms. The van der Waals surface area contributed by atoms with Crippen molar-refractivity contribution in [3.05, 3.63) is 24.8 Å². The minimum atomic E-state index is -1.16. The smallest absolute Gasteiger partial charge is 0.322 e. The van der Waals surface area contributed by atoms with Crippen LogP contribution in [0.3, 0.4) is 0 Å². The summed E-state index contributed by atoms with van der Waals surface area (Å²) in [5, 5.41) is 23.1. The molecule has 4 N–H and O–H groups in total. The SMILES string of the molecule is CC(=O)N[C@@H](Cc1cc(I)c(O)c(I)c1)C(=O)NCC(=O)O. The second-order valence-electron chi connectivity index (χ2n) is 4.48. The fourth-order valence-electron chi connectivity index (χ4n) is 1.71. The minimum Gasteiger partial charge on any atom is -0.506 e. The van der Waals surface area contributed by atoms with Gasteiger partial charge in [0.05, 0.1) is 7.14 Å². The molecular formula is C13H14I2N2O5. The van der Waals surface area contributed by atoms with Gasteiger partial charge >= 0.3 is 5.97 Å². The highest BCUT2D eigenvalue weighted by molar-refractivity contribution is 14.1. The summed E-state index contributed by atoms with van der Waals surface area (Å²) in [6.07, 6.45) is 0.192. The molecule has 1 atom stereocenters. The number of halogens is 2. The van der Waals surface area contributed by atoms with Crippen molar-refractivity contribution in [3.63, 3.8) is 0 Å². The molecule has 0 bridgehead atoms. The summed E-state index contributed by atoms with van der Waals surface area (Å²) < 4.78 is 1.26. The summed E-state index contributed by atoms with van der Waals surface area (Å²) in [6.45, 7) is 0.765. The van der Waals surface area contributed by atoms with E-state index in [9.17, 15) is 19.5 Å². The van der Waals surface area contributed by atoms with Crippen LogP contribution in [-0.2, 0) is 20.8 Å². The lowest BCUT2D eigenvalue weighted by molar-refractivity contribution is -0.138. The molecule has 1 rings (SSSR count). The Balaban J connectivity index is 2.91. The van der Waals surface area contributed by atoms with Crippen LogP contribution in [0.2, 0.25) is 0 Å². The Kier molecular flexibility index (Phi) is 7.32. The molecule has 0 saturated carbocycles. The van der Waals surface area contributed by atoms with Crippen LogP contribution in [0.5, 0.6) is 5.75 Å². The fraction of sp³-hybridized carbons (Fsp3) is 0.308. The molecule has 1 aromatic carbocycles. The normalized spacial score (nSPS) is 11.6. The zero-order chi connectivity index (χ0) is 16.9. The van der Waals surface area contributed by atoms with Crippen molar-refractivity contribution in [2.75, 3.05) is 6.54 Å². The van der Waals surface area contributed by atoms with Crippen molar-refractivity contribution in [2.24, 2.45) is 0 Å². The summed E-state index contributed by atoms with van der Waals surface area (Å²) in [6, 6.07) is 2.53. The Morgan fingerprint density at radius 3 is 2.23 bits per heavy atom. The van der Waals surface area contributed by atoms with Gasteiger partial charge in [0.2, 0.25) is 11.8 Å². The molecular weight excluding hydrogens is 518 g/mol. The number of hydrogen-bond donors (Lipinski definition) is 4. The number of carbonyl (C=O) groups excluding carboxylic acids is 2. The zero-order valence-electron chi connectivity index (χ0n) is 11.5. The number of carboxylic acids is 1. The molecule has 7 nitrogen and oxygen atoms in total. The third kappa shape index (κ3) is 5.94. The number of carboxylic acid groups (broad SMARTS) is 1. The molecule has 120 valence electrons. The first-order valence-corrected chi connectivity index (χ1v) is 8.30. The van der Waals surface area contributed by atoms with Crippen molar-refractivity contribution < 1.29 is 24.6 Å². The van der Waals surface area contributed by atoms with E-state index in [4.69, 9.17) is 5.11 Å². The third-order valence-corrected chi connectivity index (χ3v) is 4.27. The Labute approximate surface area is 154 Å². The predicted molar refractivity (Wildman–Crippen MR) is 95.5 cm³/mol. The van der Waals surface area contributed by atoms with Gasteiger partial charge in [-0.2, -0.15) is 0 Å². The van der Waals surface area contributed by atoms with Crippen LogP contribution < -0.4 is 10.6 Å². The number of phenolic OH excluding ortho intramolecular Hbond substituents is 1. The first-order chi connectivity index (χ1) is 10.2. The largest absolute Gasteiger partial charge is 0.506 e. The van der Waals surface area contributed by atoms with Crippen LogP contribution in [0.15, 0.2) is 12.1 Å². The van der Waals surface area contributed by atoms with Crippen LogP contribution in [0.25, 0.3) is 0 Å². The number of aliphatic carboxylic acids is 1. The highest BCUT2D eigenvalue weighted by atomic mass is 127. The average Bonchev–Trinajstić information content (AvgIpc) is 2.40. The number of phenols is 1. The summed E-state index contributed by atoms with van der Waals surface area (Å²) in [5.74, 6) is -1.96. The molecule has 0 aromatic heterocycles. The number of benzene rings is 1. The van der Waals surface area contributed by atoms with Gasteiger partial charge < -0.3 is 20.8 Å². The number of nitrogens with one attached hydrogen (secondary N) is 2. The molecule has 0 unspecified atom stereocenters. The number of aromatic hydroxyl groups is 1. The van der Waals surface area contributed by atoms with Crippen molar-refractivity contribution in [2.45, 2.75) is 19.4 Å². The minimum absolute atomic E-state index is 0.163. The lowest BCUT2D eigenvalue weighted by Gasteiger charge is -2.17. The van der Waals surface area contributed by atoms with E-state index >= 15 is 0 Å². The molecule has 9 heteroatoms. The van der Waals surface area contributed by atoms with E-state index in [-0.39, 0.29) is 12.2 Å². The summed E-state index contributed by atoms with van der Waals surface area (Å²) in [7, 11) is 0. The van der Waals surface area contributed by atoms with Gasteiger partial charge in [-0.25, -0.2) is 0 Å². The van der Waals surface area contributed by atoms with E-state index in [0.29, 0.717) is 7.14 Å². The predicted octanol–water partition coefficient (Wildman–Crippen LogP) is 0.849. The van der Waals surface area contributed by atoms with E-state index in [2.05, 4.69) is 10.6 Å². The molecule has 0 aliphatic heterocycles. The lowest BCUT2D eigenvalue weighted by atomic mass is 10.0. The van der Waals surface area contributed by atoms with Crippen molar-refractivity contribution in [1.82, 2.24) is 10.6 Å². The first kappa shape index (κ1) is 18.9. The van der Waals surface area contributed by atoms with Crippen molar-refractivity contribution in [1.29, 1.82) is 0 Å². The van der Waals surface area contributed by atoms with Crippen molar-refractivity contribution in [3.8, 4) is 5.75 Å². The van der Waals surface area contributed by atoms with Gasteiger partial charge in [-0.05, 0) is 62.9 Å². The molecule has 1 aromatic rings. The Morgan fingerprint density at radius 1 is 1.23 bits per heavy atom. The Hall–Kier alpha value is -1.11. The molecule has 22 heavy (non-hydrogen) atoms. The molecule has 0 aliphatic carbocycles. The van der Waals surface area contributed by atoms with Crippen molar-refractivity contribution >= 4 is 63.0 Å². The summed E-state index contributed by atoms with van der Waals surface area (Å²) in [4.78, 5) is 33.7. The zero-order valence-corrected chi connectivity index (χ0v) is 15.8. The molecule has 2 amide bonds. The second-order valence-corrected chi connectivity index (χ2v) is 6.80. The Morgan fingerprint density at radius 2 is 1.77 bits per heavy atom. The molecule has 0 fully saturated rings. The van der Waals surface area contributed by atoms with E-state index in [1.54, 1.807) is 12.1 Å². The van der Waals surface area contributed by atoms with Crippen LogP contribution in [-0.4, -0.2) is 40.6 Å². The van der Waals surface area contributed by atoms with Gasteiger partial charge in [-0.3, -0.25) is 14.4 Å². The summed E-state index contributed by atoms with van der Waals surface area (Å²) >= 11 is 3.94. The third-order valence-electron chi connectivity index (χ3n) is 2.62.